The second-order valence-electron chi connectivity index (χ2n) is 5.43. The highest BCUT2D eigenvalue weighted by atomic mass is 16.6. The third kappa shape index (κ3) is 3.69. The molecule has 3 N–H and O–H groups in total. The average Bonchev–Trinajstić information content (AvgIpc) is 2.45. The lowest BCUT2D eigenvalue weighted by atomic mass is 9.85. The minimum atomic E-state index is -1.16. The number of aliphatic hydroxyl groups is 1. The predicted molar refractivity (Wildman–Crippen MR) is 76.6 cm³/mol. The number of non-ortho nitro benzene ring substituents is 1. The highest BCUT2D eigenvalue weighted by Crippen LogP contribution is 2.29. The number of benzene rings is 1. The molecule has 1 saturated carbocycles. The van der Waals surface area contributed by atoms with E-state index in [0.29, 0.717) is 12.8 Å². The fourth-order valence-electron chi connectivity index (χ4n) is 2.62. The van der Waals surface area contributed by atoms with Gasteiger partial charge in [-0.3, -0.25) is 10.1 Å². The summed E-state index contributed by atoms with van der Waals surface area (Å²) < 4.78 is 0. The third-order valence-corrected chi connectivity index (χ3v) is 3.84. The molecule has 1 aliphatic carbocycles. The van der Waals surface area contributed by atoms with E-state index in [1.807, 2.05) is 0 Å². The molecule has 2 rings (SSSR count). The van der Waals surface area contributed by atoms with Gasteiger partial charge in [-0.2, -0.15) is 0 Å². The van der Waals surface area contributed by atoms with Gasteiger partial charge in [-0.05, 0) is 18.9 Å². The van der Waals surface area contributed by atoms with Gasteiger partial charge in [-0.15, -0.1) is 0 Å². The molecule has 0 aliphatic heterocycles. The van der Waals surface area contributed by atoms with E-state index >= 15 is 0 Å². The number of aromatic carboxylic acids is 1. The first kappa shape index (κ1) is 15.2. The van der Waals surface area contributed by atoms with E-state index in [2.05, 4.69) is 5.32 Å². The number of nitro benzene ring substituents is 1. The molecule has 0 atom stereocenters. The lowest BCUT2D eigenvalue weighted by Gasteiger charge is -2.32. The van der Waals surface area contributed by atoms with E-state index in [1.54, 1.807) is 0 Å². The molecule has 1 aromatic carbocycles. The van der Waals surface area contributed by atoms with Gasteiger partial charge in [-0.25, -0.2) is 4.79 Å². The minimum Gasteiger partial charge on any atom is -0.478 e. The van der Waals surface area contributed by atoms with Crippen molar-refractivity contribution in [1.82, 2.24) is 0 Å². The number of carboxylic acid groups (broad SMARTS) is 1. The number of nitro groups is 1. The summed E-state index contributed by atoms with van der Waals surface area (Å²) in [7, 11) is 0. The third-order valence-electron chi connectivity index (χ3n) is 3.84. The number of nitrogens with zero attached hydrogens (tertiary/aromatic N) is 1. The summed E-state index contributed by atoms with van der Waals surface area (Å²) in [6.45, 7) is 0.189. The predicted octanol–water partition coefficient (Wildman–Crippen LogP) is 2.40. The van der Waals surface area contributed by atoms with E-state index in [-0.39, 0.29) is 23.5 Å². The lowest BCUT2D eigenvalue weighted by Crippen LogP contribution is -2.39. The Labute approximate surface area is 121 Å². The van der Waals surface area contributed by atoms with Crippen LogP contribution in [0.3, 0.4) is 0 Å². The van der Waals surface area contributed by atoms with Crippen molar-refractivity contribution < 1.29 is 19.9 Å². The summed E-state index contributed by atoms with van der Waals surface area (Å²) in [5, 5.41) is 33.2. The Morgan fingerprint density at radius 3 is 2.57 bits per heavy atom. The van der Waals surface area contributed by atoms with Crippen LogP contribution >= 0.6 is 0 Å². The van der Waals surface area contributed by atoms with Gasteiger partial charge in [0.1, 0.15) is 0 Å². The zero-order chi connectivity index (χ0) is 15.5. The van der Waals surface area contributed by atoms with Crippen LogP contribution in [-0.2, 0) is 0 Å². The number of carbonyl (C=O) groups is 1. The number of nitrogens with one attached hydrogen (secondary N) is 1. The van der Waals surface area contributed by atoms with Crippen molar-refractivity contribution in [1.29, 1.82) is 0 Å². The SMILES string of the molecule is O=C(O)c1ccc([N+](=O)[O-])cc1NCC1(O)CCCCC1. The monoisotopic (exact) mass is 294 g/mol. The van der Waals surface area contributed by atoms with Crippen molar-refractivity contribution in [3.8, 4) is 0 Å². The first-order valence-corrected chi connectivity index (χ1v) is 6.89. The molecule has 0 saturated heterocycles. The summed E-state index contributed by atoms with van der Waals surface area (Å²) >= 11 is 0. The smallest absolute Gasteiger partial charge is 0.337 e. The van der Waals surface area contributed by atoms with Gasteiger partial charge in [0.05, 0.1) is 21.8 Å². The van der Waals surface area contributed by atoms with E-state index in [4.69, 9.17) is 5.11 Å². The molecule has 21 heavy (non-hydrogen) atoms. The van der Waals surface area contributed by atoms with Crippen LogP contribution in [0, 0.1) is 10.1 Å². The van der Waals surface area contributed by atoms with Gasteiger partial charge in [0.15, 0.2) is 0 Å². The van der Waals surface area contributed by atoms with Crippen LogP contribution in [0.2, 0.25) is 0 Å². The van der Waals surface area contributed by atoms with Crippen LogP contribution in [0.15, 0.2) is 18.2 Å². The summed E-state index contributed by atoms with van der Waals surface area (Å²) in [4.78, 5) is 21.4. The Bertz CT molecular complexity index is 552. The van der Waals surface area contributed by atoms with Gasteiger partial charge >= 0.3 is 5.97 Å². The topological polar surface area (TPSA) is 113 Å². The Hall–Kier alpha value is -2.15. The standard InChI is InChI=1S/C14H18N2O5/c17-13(18)11-5-4-10(16(20)21)8-12(11)15-9-14(19)6-2-1-3-7-14/h4-5,8,15,19H,1-3,6-7,9H2,(H,17,18). The van der Waals surface area contributed by atoms with Gasteiger partial charge in [0.25, 0.3) is 5.69 Å². The maximum Gasteiger partial charge on any atom is 0.337 e. The zero-order valence-corrected chi connectivity index (χ0v) is 11.5. The number of anilines is 1. The lowest BCUT2D eigenvalue weighted by molar-refractivity contribution is -0.384. The molecular formula is C14H18N2O5. The summed E-state index contributed by atoms with van der Waals surface area (Å²) in [5.74, 6) is -1.16. The van der Waals surface area contributed by atoms with Crippen molar-refractivity contribution in [2.75, 3.05) is 11.9 Å². The van der Waals surface area contributed by atoms with E-state index in [0.717, 1.165) is 25.3 Å². The maximum absolute atomic E-state index is 11.2. The van der Waals surface area contributed by atoms with Crippen molar-refractivity contribution >= 4 is 17.3 Å². The van der Waals surface area contributed by atoms with Gasteiger partial charge < -0.3 is 15.5 Å². The number of carboxylic acids is 1. The number of rotatable bonds is 5. The molecule has 0 heterocycles. The summed E-state index contributed by atoms with van der Waals surface area (Å²) in [6, 6.07) is 3.55. The minimum absolute atomic E-state index is 0.0417. The van der Waals surface area contributed by atoms with Crippen molar-refractivity contribution in [3.63, 3.8) is 0 Å². The van der Waals surface area contributed by atoms with Crippen LogP contribution in [0.1, 0.15) is 42.5 Å². The number of hydrogen-bond acceptors (Lipinski definition) is 5. The molecule has 1 fully saturated rings. The largest absolute Gasteiger partial charge is 0.478 e. The first-order chi connectivity index (χ1) is 9.91. The van der Waals surface area contributed by atoms with Crippen LogP contribution in [0.5, 0.6) is 0 Å². The Kier molecular flexibility index (Phi) is 4.42. The van der Waals surface area contributed by atoms with Crippen molar-refractivity contribution in [2.24, 2.45) is 0 Å². The molecule has 0 bridgehead atoms. The Balaban J connectivity index is 2.18. The normalized spacial score (nSPS) is 17.2. The molecule has 7 nitrogen and oxygen atoms in total. The first-order valence-electron chi connectivity index (χ1n) is 6.89. The molecule has 1 aliphatic rings. The molecule has 0 unspecified atom stereocenters. The molecule has 114 valence electrons. The van der Waals surface area contributed by atoms with Crippen LogP contribution < -0.4 is 5.32 Å². The fraction of sp³-hybridized carbons (Fsp3) is 0.500. The second kappa shape index (κ2) is 6.09. The fourth-order valence-corrected chi connectivity index (χ4v) is 2.62. The maximum atomic E-state index is 11.2. The molecule has 0 radical (unpaired) electrons. The molecule has 0 amide bonds. The zero-order valence-electron chi connectivity index (χ0n) is 11.5. The van der Waals surface area contributed by atoms with Crippen LogP contribution in [0.4, 0.5) is 11.4 Å². The number of hydrogen-bond donors (Lipinski definition) is 3. The quantitative estimate of drug-likeness (QED) is 0.567. The van der Waals surface area contributed by atoms with Gasteiger partial charge in [0.2, 0.25) is 0 Å². The van der Waals surface area contributed by atoms with Crippen LogP contribution in [-0.4, -0.2) is 33.3 Å². The van der Waals surface area contributed by atoms with Crippen molar-refractivity contribution in [2.45, 2.75) is 37.7 Å². The van der Waals surface area contributed by atoms with E-state index < -0.39 is 16.5 Å². The van der Waals surface area contributed by atoms with E-state index in [1.165, 1.54) is 12.1 Å². The van der Waals surface area contributed by atoms with Gasteiger partial charge in [0, 0.05) is 18.7 Å². The molecule has 1 aromatic rings. The van der Waals surface area contributed by atoms with Gasteiger partial charge in [-0.1, -0.05) is 19.3 Å². The molecule has 0 spiro atoms. The van der Waals surface area contributed by atoms with Crippen LogP contribution in [0.25, 0.3) is 0 Å². The highest BCUT2D eigenvalue weighted by molar-refractivity contribution is 5.94. The molecular weight excluding hydrogens is 276 g/mol. The molecule has 7 heteroatoms. The highest BCUT2D eigenvalue weighted by Gasteiger charge is 2.29. The molecule has 0 aromatic heterocycles. The summed E-state index contributed by atoms with van der Waals surface area (Å²) in [5.41, 5.74) is -0.938. The van der Waals surface area contributed by atoms with E-state index in [9.17, 15) is 20.0 Å². The average molecular weight is 294 g/mol. The Morgan fingerprint density at radius 1 is 1.33 bits per heavy atom. The second-order valence-corrected chi connectivity index (χ2v) is 5.43. The van der Waals surface area contributed by atoms with Crippen molar-refractivity contribution in [3.05, 3.63) is 33.9 Å². The summed E-state index contributed by atoms with van der Waals surface area (Å²) in [6.07, 6.45) is 4.24. The Morgan fingerprint density at radius 2 is 2.00 bits per heavy atom.